The van der Waals surface area contributed by atoms with Crippen molar-refractivity contribution in [3.05, 3.63) is 113 Å². The highest BCUT2D eigenvalue weighted by atomic mass is 35.5. The minimum absolute atomic E-state index is 0.293. The Morgan fingerprint density at radius 3 is 2.57 bits per heavy atom. The quantitative estimate of drug-likeness (QED) is 0.353. The van der Waals surface area contributed by atoms with Crippen LogP contribution in [0.25, 0.3) is 17.4 Å². The predicted molar refractivity (Wildman–Crippen MR) is 136 cm³/mol. The Morgan fingerprint density at radius 2 is 1.86 bits per heavy atom. The Kier molecular flexibility index (Phi) is 6.23. The van der Waals surface area contributed by atoms with E-state index in [4.69, 9.17) is 32.4 Å². The van der Waals surface area contributed by atoms with Gasteiger partial charge in [-0.25, -0.2) is 9.79 Å². The fraction of sp³-hybridized carbons (Fsp3) is 0.115. The number of fused-ring (bicyclic) bond motifs is 1. The van der Waals surface area contributed by atoms with Gasteiger partial charge in [0.1, 0.15) is 11.5 Å². The van der Waals surface area contributed by atoms with Gasteiger partial charge in [0.05, 0.1) is 34.0 Å². The molecule has 3 heterocycles. The number of methoxy groups -OCH3 is 1. The van der Waals surface area contributed by atoms with Gasteiger partial charge in [0, 0.05) is 16.7 Å². The van der Waals surface area contributed by atoms with E-state index in [1.165, 1.54) is 23.0 Å². The molecule has 0 fully saturated rings. The Labute approximate surface area is 214 Å². The summed E-state index contributed by atoms with van der Waals surface area (Å²) in [5.41, 5.74) is 1.97. The molecule has 0 unspecified atom stereocenters. The second-order valence-electron chi connectivity index (χ2n) is 7.81. The number of thiazole rings is 1. The molecule has 176 valence electrons. The van der Waals surface area contributed by atoms with Crippen LogP contribution >= 0.6 is 34.5 Å². The molecule has 0 saturated heterocycles. The molecule has 0 amide bonds. The lowest BCUT2D eigenvalue weighted by atomic mass is 9.96. The molecule has 0 aliphatic carbocycles. The summed E-state index contributed by atoms with van der Waals surface area (Å²) in [7, 11) is 1.31. The Morgan fingerprint density at radius 1 is 1.11 bits per heavy atom. The molecular formula is C26H18Cl2N2O4S. The Hall–Kier alpha value is -3.39. The number of aromatic nitrogens is 1. The number of carbonyl (C=O) groups excluding carboxylic acids is 1. The number of carbonyl (C=O) groups is 1. The van der Waals surface area contributed by atoms with Crippen LogP contribution in [-0.4, -0.2) is 17.6 Å². The zero-order chi connectivity index (χ0) is 24.7. The van der Waals surface area contributed by atoms with E-state index in [0.29, 0.717) is 42.2 Å². The van der Waals surface area contributed by atoms with Crippen LogP contribution in [0.15, 0.2) is 86.1 Å². The molecule has 1 aliphatic rings. The summed E-state index contributed by atoms with van der Waals surface area (Å²) in [6.07, 6.45) is 1.67. The highest BCUT2D eigenvalue weighted by molar-refractivity contribution is 7.07. The van der Waals surface area contributed by atoms with E-state index in [1.54, 1.807) is 55.5 Å². The lowest BCUT2D eigenvalue weighted by Gasteiger charge is -2.24. The molecule has 1 atom stereocenters. The van der Waals surface area contributed by atoms with E-state index in [9.17, 15) is 9.59 Å². The van der Waals surface area contributed by atoms with Crippen LogP contribution in [0.3, 0.4) is 0 Å². The lowest BCUT2D eigenvalue weighted by Crippen LogP contribution is -2.39. The van der Waals surface area contributed by atoms with E-state index in [0.717, 1.165) is 11.1 Å². The molecule has 0 spiro atoms. The number of ether oxygens (including phenoxy) is 1. The predicted octanol–water partition coefficient (Wildman–Crippen LogP) is 4.98. The van der Waals surface area contributed by atoms with Crippen LogP contribution < -0.4 is 14.9 Å². The number of halogens is 2. The Bertz CT molecular complexity index is 1660. The molecule has 9 heteroatoms. The van der Waals surface area contributed by atoms with Crippen molar-refractivity contribution >= 4 is 46.6 Å². The monoisotopic (exact) mass is 524 g/mol. The van der Waals surface area contributed by atoms with Gasteiger partial charge in [-0.1, -0.05) is 58.8 Å². The first-order valence-electron chi connectivity index (χ1n) is 10.6. The van der Waals surface area contributed by atoms with Crippen molar-refractivity contribution in [2.45, 2.75) is 13.0 Å². The van der Waals surface area contributed by atoms with Crippen molar-refractivity contribution in [1.29, 1.82) is 0 Å². The maximum absolute atomic E-state index is 13.6. The van der Waals surface area contributed by atoms with Gasteiger partial charge in [-0.2, -0.15) is 0 Å². The molecule has 0 saturated carbocycles. The zero-order valence-electron chi connectivity index (χ0n) is 18.6. The highest BCUT2D eigenvalue weighted by Gasteiger charge is 2.33. The van der Waals surface area contributed by atoms with Crippen molar-refractivity contribution in [1.82, 2.24) is 4.57 Å². The van der Waals surface area contributed by atoms with Crippen LogP contribution in [0.2, 0.25) is 10.0 Å². The maximum atomic E-state index is 13.6. The average molecular weight is 525 g/mol. The number of furan rings is 1. The third kappa shape index (κ3) is 4.27. The van der Waals surface area contributed by atoms with Crippen molar-refractivity contribution < 1.29 is 13.9 Å². The van der Waals surface area contributed by atoms with Crippen LogP contribution in [0.1, 0.15) is 24.3 Å². The summed E-state index contributed by atoms with van der Waals surface area (Å²) in [6, 6.07) is 17.3. The minimum atomic E-state index is -0.701. The Balaban J connectivity index is 1.66. The number of nitrogens with zero attached hydrogens (tertiary/aromatic N) is 2. The third-order valence-electron chi connectivity index (χ3n) is 5.65. The average Bonchev–Trinajstić information content (AvgIpc) is 3.43. The fourth-order valence-corrected chi connectivity index (χ4v) is 5.40. The first kappa shape index (κ1) is 23.4. The number of hydrogen-bond acceptors (Lipinski definition) is 6. The highest BCUT2D eigenvalue weighted by Crippen LogP contribution is 2.32. The topological polar surface area (TPSA) is 73.8 Å². The van der Waals surface area contributed by atoms with Crippen LogP contribution in [0.5, 0.6) is 0 Å². The maximum Gasteiger partial charge on any atom is 0.338 e. The molecular weight excluding hydrogens is 507 g/mol. The van der Waals surface area contributed by atoms with Crippen molar-refractivity contribution in [2.24, 2.45) is 4.99 Å². The summed E-state index contributed by atoms with van der Waals surface area (Å²) in [5, 5.41) is 1.12. The largest absolute Gasteiger partial charge is 0.466 e. The van der Waals surface area contributed by atoms with Gasteiger partial charge in [0.2, 0.25) is 0 Å². The number of esters is 1. The smallest absolute Gasteiger partial charge is 0.338 e. The molecule has 0 radical (unpaired) electrons. The summed E-state index contributed by atoms with van der Waals surface area (Å²) < 4.78 is 12.9. The summed E-state index contributed by atoms with van der Waals surface area (Å²) >= 11 is 13.6. The summed E-state index contributed by atoms with van der Waals surface area (Å²) in [4.78, 5) is 31.3. The van der Waals surface area contributed by atoms with E-state index < -0.39 is 12.0 Å². The molecule has 0 bridgehead atoms. The number of benzene rings is 2. The van der Waals surface area contributed by atoms with Gasteiger partial charge in [-0.05, 0) is 48.9 Å². The van der Waals surface area contributed by atoms with E-state index in [1.807, 2.05) is 18.2 Å². The first-order chi connectivity index (χ1) is 16.9. The summed E-state index contributed by atoms with van der Waals surface area (Å²) in [5.74, 6) is 0.547. The second-order valence-corrected chi connectivity index (χ2v) is 9.66. The lowest BCUT2D eigenvalue weighted by molar-refractivity contribution is -0.136. The van der Waals surface area contributed by atoms with Crippen LogP contribution in [0, 0.1) is 0 Å². The van der Waals surface area contributed by atoms with Gasteiger partial charge in [0.15, 0.2) is 4.80 Å². The van der Waals surface area contributed by atoms with E-state index in [2.05, 4.69) is 4.99 Å². The van der Waals surface area contributed by atoms with E-state index >= 15 is 0 Å². The summed E-state index contributed by atoms with van der Waals surface area (Å²) in [6.45, 7) is 1.73. The standard InChI is InChI=1S/C26H18Cl2N2O4S/c1-14-22(25(32)33-2)23(15-7-9-16(27)10-8-15)30-24(31)21(35-26(30)29-14)13-17-11-12-20(34-17)18-5-3-4-6-19(18)28/h3-13,23H,1-2H3/b21-13-/t23-/m0/s1. The van der Waals surface area contributed by atoms with Crippen molar-refractivity contribution in [2.75, 3.05) is 7.11 Å². The van der Waals surface area contributed by atoms with E-state index in [-0.39, 0.29) is 5.56 Å². The number of hydrogen-bond donors (Lipinski definition) is 0. The van der Waals surface area contributed by atoms with Gasteiger partial charge < -0.3 is 9.15 Å². The molecule has 1 aliphatic heterocycles. The van der Waals surface area contributed by atoms with Gasteiger partial charge in [-0.15, -0.1) is 0 Å². The van der Waals surface area contributed by atoms with Gasteiger partial charge >= 0.3 is 5.97 Å². The van der Waals surface area contributed by atoms with Crippen LogP contribution in [0.4, 0.5) is 0 Å². The second kappa shape index (κ2) is 9.34. The molecule has 6 nitrogen and oxygen atoms in total. The van der Waals surface area contributed by atoms with Crippen molar-refractivity contribution in [3.8, 4) is 11.3 Å². The number of allylic oxidation sites excluding steroid dienone is 1. The molecule has 2 aromatic heterocycles. The van der Waals surface area contributed by atoms with Crippen molar-refractivity contribution in [3.63, 3.8) is 0 Å². The molecule has 4 aromatic rings. The van der Waals surface area contributed by atoms with Crippen LogP contribution in [-0.2, 0) is 9.53 Å². The molecule has 5 rings (SSSR count). The third-order valence-corrected chi connectivity index (χ3v) is 7.22. The number of rotatable bonds is 4. The first-order valence-corrected chi connectivity index (χ1v) is 12.2. The fourth-order valence-electron chi connectivity index (χ4n) is 4.02. The zero-order valence-corrected chi connectivity index (χ0v) is 20.9. The molecule has 2 aromatic carbocycles. The molecule has 35 heavy (non-hydrogen) atoms. The minimum Gasteiger partial charge on any atom is -0.466 e. The normalized spacial score (nSPS) is 15.7. The SMILES string of the molecule is COC(=O)C1=C(C)N=c2s/c(=C\c3ccc(-c4ccccc4Cl)o3)c(=O)n2[C@H]1c1ccc(Cl)cc1. The van der Waals surface area contributed by atoms with Gasteiger partial charge in [-0.3, -0.25) is 9.36 Å². The molecule has 0 N–H and O–H groups in total. The van der Waals surface area contributed by atoms with Gasteiger partial charge in [0.25, 0.3) is 5.56 Å².